The molecule has 0 aromatic heterocycles. The Hall–Kier alpha value is -0.390. The highest BCUT2D eigenvalue weighted by molar-refractivity contribution is 8.05. The van der Waals surface area contributed by atoms with E-state index < -0.39 is 0 Å². The average molecular weight is 110 g/mol. The number of allylic oxidation sites excluding steroid dienone is 2. The Labute approximate surface area is 47.6 Å². The second kappa shape index (κ2) is 2.06. The molecule has 0 aromatic carbocycles. The molecule has 1 heteroatoms. The molecule has 0 N–H and O–H groups in total. The van der Waals surface area contributed by atoms with Gasteiger partial charge in [0.25, 0.3) is 0 Å². The van der Waals surface area contributed by atoms with Gasteiger partial charge >= 0.3 is 0 Å². The van der Waals surface area contributed by atoms with Crippen molar-refractivity contribution >= 4 is 11.8 Å². The normalized spacial score (nSPS) is 17.0. The second-order valence-corrected chi connectivity index (χ2v) is 2.43. The minimum absolute atomic E-state index is 1.24. The van der Waals surface area contributed by atoms with Crippen LogP contribution in [0.25, 0.3) is 0 Å². The smallest absolute Gasteiger partial charge is 0.0278 e. The third-order valence-corrected chi connectivity index (χ3v) is 1.47. The zero-order valence-corrected chi connectivity index (χ0v) is 4.96. The first-order valence-corrected chi connectivity index (χ1v) is 3.02. The van der Waals surface area contributed by atoms with E-state index in [0.717, 1.165) is 0 Å². The van der Waals surface area contributed by atoms with Crippen LogP contribution < -0.4 is 0 Å². The lowest BCUT2D eigenvalue weighted by Gasteiger charge is -1.89. The van der Waals surface area contributed by atoms with Crippen molar-refractivity contribution in [3.05, 3.63) is 28.2 Å². The zero-order chi connectivity index (χ0) is 5.11. The van der Waals surface area contributed by atoms with Crippen LogP contribution in [-0.2, 0) is 0 Å². The molecule has 0 amide bonds. The van der Waals surface area contributed by atoms with Crippen molar-refractivity contribution in [1.29, 1.82) is 0 Å². The summed E-state index contributed by atoms with van der Waals surface area (Å²) in [6.07, 6.45) is 3.91. The summed E-state index contributed by atoms with van der Waals surface area (Å²) in [4.78, 5) is 1.24. The highest BCUT2D eigenvalue weighted by Gasteiger charge is 1.83. The quantitative estimate of drug-likeness (QED) is 0.431. The van der Waals surface area contributed by atoms with Gasteiger partial charge in [-0.15, -0.1) is 5.73 Å². The van der Waals surface area contributed by atoms with Crippen LogP contribution in [0.15, 0.2) is 28.2 Å². The van der Waals surface area contributed by atoms with Crippen LogP contribution in [-0.4, -0.2) is 0 Å². The summed E-state index contributed by atoms with van der Waals surface area (Å²) < 4.78 is 0. The van der Waals surface area contributed by atoms with Crippen molar-refractivity contribution in [3.63, 3.8) is 0 Å². The van der Waals surface area contributed by atoms with Gasteiger partial charge < -0.3 is 0 Å². The van der Waals surface area contributed by atoms with Gasteiger partial charge in [0, 0.05) is 4.91 Å². The molecule has 1 aliphatic heterocycles. The molecule has 1 rings (SSSR count). The maximum absolute atomic E-state index is 3.05. The SMILES string of the molecule is CC1=C=CC=CS1. The molecule has 0 aliphatic carbocycles. The number of thioether (sulfide) groups is 1. The van der Waals surface area contributed by atoms with Crippen molar-refractivity contribution in [2.24, 2.45) is 0 Å². The van der Waals surface area contributed by atoms with Crippen molar-refractivity contribution in [1.82, 2.24) is 0 Å². The van der Waals surface area contributed by atoms with Crippen LogP contribution >= 0.6 is 11.8 Å². The van der Waals surface area contributed by atoms with Gasteiger partial charge in [0.15, 0.2) is 0 Å². The molecule has 1 aliphatic rings. The Balaban J connectivity index is 2.84. The largest absolute Gasteiger partial charge is 0.110 e. The molecule has 0 atom stereocenters. The molecule has 0 fully saturated rings. The Morgan fingerprint density at radius 2 is 2.57 bits per heavy atom. The highest BCUT2D eigenvalue weighted by atomic mass is 32.2. The molecule has 1 heterocycles. The predicted octanol–water partition coefficient (Wildman–Crippen LogP) is 2.31. The number of hydrogen-bond donors (Lipinski definition) is 0. The van der Waals surface area contributed by atoms with E-state index in [1.54, 1.807) is 11.8 Å². The summed E-state index contributed by atoms with van der Waals surface area (Å²) in [5.41, 5.74) is 3.05. The lowest BCUT2D eigenvalue weighted by atomic mass is 10.5. The van der Waals surface area contributed by atoms with E-state index in [1.807, 2.05) is 24.5 Å². The fraction of sp³-hybridized carbons (Fsp3) is 0.167. The van der Waals surface area contributed by atoms with Crippen molar-refractivity contribution in [2.45, 2.75) is 6.92 Å². The average Bonchev–Trinajstić information content (AvgIpc) is 1.69. The minimum atomic E-state index is 1.24. The molecule has 7 heavy (non-hydrogen) atoms. The third-order valence-electron chi connectivity index (χ3n) is 0.706. The zero-order valence-electron chi connectivity index (χ0n) is 4.14. The van der Waals surface area contributed by atoms with Crippen LogP contribution in [0.2, 0.25) is 0 Å². The first-order chi connectivity index (χ1) is 3.39. The lowest BCUT2D eigenvalue weighted by molar-refractivity contribution is 1.69. The maximum Gasteiger partial charge on any atom is 0.0278 e. The standard InChI is InChI=1S/C6H6S/c1-6-4-2-3-5-7-6/h2-3,5H,1H3. The van der Waals surface area contributed by atoms with Crippen LogP contribution in [0, 0.1) is 0 Å². The van der Waals surface area contributed by atoms with Crippen LogP contribution in [0.4, 0.5) is 0 Å². The summed E-state index contributed by atoms with van der Waals surface area (Å²) in [6, 6.07) is 0. The summed E-state index contributed by atoms with van der Waals surface area (Å²) in [5.74, 6) is 0. The predicted molar refractivity (Wildman–Crippen MR) is 34.0 cm³/mol. The van der Waals surface area contributed by atoms with Gasteiger partial charge in [-0.05, 0) is 24.5 Å². The van der Waals surface area contributed by atoms with E-state index in [9.17, 15) is 0 Å². The number of rotatable bonds is 0. The fourth-order valence-corrected chi connectivity index (χ4v) is 0.877. The molecular formula is C6H6S. The molecule has 0 bridgehead atoms. The summed E-state index contributed by atoms with van der Waals surface area (Å²) in [6.45, 7) is 2.05. The van der Waals surface area contributed by atoms with Gasteiger partial charge in [-0.3, -0.25) is 0 Å². The molecule has 0 nitrogen and oxygen atoms in total. The molecule has 0 aromatic rings. The third kappa shape index (κ3) is 1.26. The van der Waals surface area contributed by atoms with E-state index in [0.29, 0.717) is 0 Å². The monoisotopic (exact) mass is 110 g/mol. The van der Waals surface area contributed by atoms with Gasteiger partial charge in [-0.1, -0.05) is 11.8 Å². The minimum Gasteiger partial charge on any atom is -0.110 e. The maximum atomic E-state index is 3.05. The molecule has 36 valence electrons. The molecule has 0 saturated heterocycles. The molecule has 0 spiro atoms. The first-order valence-electron chi connectivity index (χ1n) is 2.15. The van der Waals surface area contributed by atoms with Crippen LogP contribution in [0.1, 0.15) is 6.92 Å². The lowest BCUT2D eigenvalue weighted by Crippen LogP contribution is -1.61. The van der Waals surface area contributed by atoms with E-state index in [2.05, 4.69) is 5.73 Å². The Morgan fingerprint density at radius 3 is 2.86 bits per heavy atom. The Bertz CT molecular complexity index is 148. The van der Waals surface area contributed by atoms with Gasteiger partial charge in [-0.25, -0.2) is 0 Å². The van der Waals surface area contributed by atoms with E-state index >= 15 is 0 Å². The van der Waals surface area contributed by atoms with Crippen molar-refractivity contribution < 1.29 is 0 Å². The Morgan fingerprint density at radius 1 is 1.71 bits per heavy atom. The molecule has 0 radical (unpaired) electrons. The Kier molecular flexibility index (Phi) is 1.40. The van der Waals surface area contributed by atoms with Gasteiger partial charge in [0.1, 0.15) is 0 Å². The van der Waals surface area contributed by atoms with E-state index in [4.69, 9.17) is 0 Å². The molecule has 0 saturated carbocycles. The summed E-state index contributed by atoms with van der Waals surface area (Å²) >= 11 is 1.71. The highest BCUT2D eigenvalue weighted by Crippen LogP contribution is 2.16. The number of hydrogen-bond acceptors (Lipinski definition) is 1. The van der Waals surface area contributed by atoms with Gasteiger partial charge in [0.2, 0.25) is 0 Å². The molecular weight excluding hydrogens is 104 g/mol. The van der Waals surface area contributed by atoms with Gasteiger partial charge in [0.05, 0.1) is 0 Å². The van der Waals surface area contributed by atoms with Crippen molar-refractivity contribution in [3.8, 4) is 0 Å². The van der Waals surface area contributed by atoms with Gasteiger partial charge in [-0.2, -0.15) is 0 Å². The molecule has 0 unspecified atom stereocenters. The van der Waals surface area contributed by atoms with Crippen LogP contribution in [0.3, 0.4) is 0 Å². The first kappa shape index (κ1) is 4.76. The topological polar surface area (TPSA) is 0 Å². The fourth-order valence-electron chi connectivity index (χ4n) is 0.380. The second-order valence-electron chi connectivity index (χ2n) is 1.31. The van der Waals surface area contributed by atoms with E-state index in [-0.39, 0.29) is 0 Å². The van der Waals surface area contributed by atoms with E-state index in [1.165, 1.54) is 4.91 Å². The van der Waals surface area contributed by atoms with Crippen molar-refractivity contribution in [2.75, 3.05) is 0 Å². The summed E-state index contributed by atoms with van der Waals surface area (Å²) in [5, 5.41) is 2.05. The van der Waals surface area contributed by atoms with Crippen LogP contribution in [0.5, 0.6) is 0 Å². The summed E-state index contributed by atoms with van der Waals surface area (Å²) in [7, 11) is 0.